The van der Waals surface area contributed by atoms with Gasteiger partial charge in [-0.3, -0.25) is 0 Å². The first-order chi connectivity index (χ1) is 7.18. The van der Waals surface area contributed by atoms with Crippen LogP contribution in [-0.4, -0.2) is 6.04 Å². The maximum absolute atomic E-state index is 6.29. The molecule has 1 nitrogen and oxygen atoms in total. The van der Waals surface area contributed by atoms with Gasteiger partial charge >= 0.3 is 0 Å². The molecule has 2 atom stereocenters. The summed E-state index contributed by atoms with van der Waals surface area (Å²) >= 11 is 0. The van der Waals surface area contributed by atoms with Crippen molar-refractivity contribution in [2.45, 2.75) is 45.1 Å². The van der Waals surface area contributed by atoms with Gasteiger partial charge in [0.2, 0.25) is 0 Å². The molecule has 1 aromatic carbocycles. The lowest BCUT2D eigenvalue weighted by atomic mass is 9.88. The Hall–Kier alpha value is -0.820. The first-order valence-corrected chi connectivity index (χ1v) is 6.02. The molecule has 1 aromatic rings. The molecule has 0 bridgehead atoms. The Kier molecular flexibility index (Phi) is 3.11. The minimum Gasteiger partial charge on any atom is -0.327 e. The van der Waals surface area contributed by atoms with Crippen LogP contribution in [-0.2, 0) is 6.42 Å². The maximum Gasteiger partial charge on any atom is 0.0110 e. The van der Waals surface area contributed by atoms with Crippen LogP contribution in [0.4, 0.5) is 0 Å². The van der Waals surface area contributed by atoms with E-state index in [4.69, 9.17) is 5.73 Å². The second kappa shape index (κ2) is 4.36. The van der Waals surface area contributed by atoms with E-state index in [2.05, 4.69) is 38.1 Å². The molecule has 0 aliphatic heterocycles. The quantitative estimate of drug-likeness (QED) is 0.802. The van der Waals surface area contributed by atoms with Crippen LogP contribution in [0.2, 0.25) is 0 Å². The molecular weight excluding hydrogens is 182 g/mol. The molecule has 1 aliphatic rings. The second-order valence-corrected chi connectivity index (χ2v) is 5.14. The third-order valence-electron chi connectivity index (χ3n) is 3.44. The molecule has 0 spiro atoms. The summed E-state index contributed by atoms with van der Waals surface area (Å²) in [6.07, 6.45) is 3.60. The zero-order valence-corrected chi connectivity index (χ0v) is 9.74. The van der Waals surface area contributed by atoms with Crippen molar-refractivity contribution in [3.63, 3.8) is 0 Å². The summed E-state index contributed by atoms with van der Waals surface area (Å²) in [5, 5.41) is 0. The molecule has 0 aromatic heterocycles. The number of benzene rings is 1. The van der Waals surface area contributed by atoms with Crippen molar-refractivity contribution in [2.24, 2.45) is 11.7 Å². The molecule has 2 rings (SSSR count). The molecule has 0 heterocycles. The Morgan fingerprint density at radius 3 is 2.80 bits per heavy atom. The van der Waals surface area contributed by atoms with Gasteiger partial charge in [-0.2, -0.15) is 0 Å². The minimum atomic E-state index is 0.341. The third-order valence-corrected chi connectivity index (χ3v) is 3.44. The Morgan fingerprint density at radius 2 is 2.07 bits per heavy atom. The number of fused-ring (bicyclic) bond motifs is 1. The standard InChI is InChI=1S/C14H21N/c1-10(2)9-14(15)13-8-7-11-5-3-4-6-12(11)13/h3-6,10,13-14H,7-9,15H2,1-2H3. The molecule has 82 valence electrons. The molecule has 0 radical (unpaired) electrons. The van der Waals surface area contributed by atoms with Crippen molar-refractivity contribution < 1.29 is 0 Å². The molecule has 0 amide bonds. The lowest BCUT2D eigenvalue weighted by Gasteiger charge is -2.22. The van der Waals surface area contributed by atoms with Gasteiger partial charge in [0, 0.05) is 6.04 Å². The highest BCUT2D eigenvalue weighted by atomic mass is 14.7. The Balaban J connectivity index is 2.13. The van der Waals surface area contributed by atoms with Crippen LogP contribution in [0.5, 0.6) is 0 Å². The summed E-state index contributed by atoms with van der Waals surface area (Å²) < 4.78 is 0. The van der Waals surface area contributed by atoms with Crippen molar-refractivity contribution in [1.29, 1.82) is 0 Å². The van der Waals surface area contributed by atoms with Crippen LogP contribution in [0.25, 0.3) is 0 Å². The van der Waals surface area contributed by atoms with E-state index in [9.17, 15) is 0 Å². The maximum atomic E-state index is 6.29. The highest BCUT2D eigenvalue weighted by Gasteiger charge is 2.27. The van der Waals surface area contributed by atoms with Gasteiger partial charge in [-0.05, 0) is 42.2 Å². The van der Waals surface area contributed by atoms with Crippen molar-refractivity contribution in [2.75, 3.05) is 0 Å². The van der Waals surface area contributed by atoms with Crippen LogP contribution >= 0.6 is 0 Å². The summed E-state index contributed by atoms with van der Waals surface area (Å²) in [6, 6.07) is 9.12. The summed E-state index contributed by atoms with van der Waals surface area (Å²) in [5.41, 5.74) is 9.32. The van der Waals surface area contributed by atoms with Crippen LogP contribution in [0.3, 0.4) is 0 Å². The van der Waals surface area contributed by atoms with Gasteiger partial charge in [0.15, 0.2) is 0 Å². The van der Waals surface area contributed by atoms with E-state index in [-0.39, 0.29) is 0 Å². The third kappa shape index (κ3) is 2.23. The highest BCUT2D eigenvalue weighted by Crippen LogP contribution is 2.36. The zero-order chi connectivity index (χ0) is 10.8. The van der Waals surface area contributed by atoms with Gasteiger partial charge in [-0.1, -0.05) is 38.1 Å². The smallest absolute Gasteiger partial charge is 0.0110 e. The van der Waals surface area contributed by atoms with E-state index in [1.807, 2.05) is 0 Å². The monoisotopic (exact) mass is 203 g/mol. The lowest BCUT2D eigenvalue weighted by Crippen LogP contribution is -2.28. The topological polar surface area (TPSA) is 26.0 Å². The van der Waals surface area contributed by atoms with E-state index < -0.39 is 0 Å². The molecule has 1 aliphatic carbocycles. The average molecular weight is 203 g/mol. The highest BCUT2D eigenvalue weighted by molar-refractivity contribution is 5.35. The normalized spacial score (nSPS) is 21.7. The van der Waals surface area contributed by atoms with Gasteiger partial charge in [-0.25, -0.2) is 0 Å². The van der Waals surface area contributed by atoms with E-state index in [0.717, 1.165) is 6.42 Å². The van der Waals surface area contributed by atoms with Crippen LogP contribution < -0.4 is 5.73 Å². The summed E-state index contributed by atoms with van der Waals surface area (Å²) in [4.78, 5) is 0. The van der Waals surface area contributed by atoms with Crippen molar-refractivity contribution >= 4 is 0 Å². The summed E-state index contributed by atoms with van der Waals surface area (Å²) in [6.45, 7) is 4.50. The van der Waals surface area contributed by atoms with E-state index in [0.29, 0.717) is 17.9 Å². The van der Waals surface area contributed by atoms with Gasteiger partial charge in [-0.15, -0.1) is 0 Å². The van der Waals surface area contributed by atoms with Crippen molar-refractivity contribution in [3.05, 3.63) is 35.4 Å². The van der Waals surface area contributed by atoms with Gasteiger partial charge in [0.05, 0.1) is 0 Å². The average Bonchev–Trinajstić information content (AvgIpc) is 2.59. The van der Waals surface area contributed by atoms with Crippen molar-refractivity contribution in [3.8, 4) is 0 Å². The van der Waals surface area contributed by atoms with E-state index in [1.54, 1.807) is 0 Å². The first-order valence-electron chi connectivity index (χ1n) is 6.02. The van der Waals surface area contributed by atoms with Crippen LogP contribution in [0.15, 0.2) is 24.3 Å². The number of rotatable bonds is 3. The number of nitrogens with two attached hydrogens (primary N) is 1. The molecule has 2 unspecified atom stereocenters. The summed E-state index contributed by atoms with van der Waals surface area (Å²) in [7, 11) is 0. The largest absolute Gasteiger partial charge is 0.327 e. The minimum absolute atomic E-state index is 0.341. The molecule has 0 fully saturated rings. The SMILES string of the molecule is CC(C)CC(N)C1CCc2ccccc21. The summed E-state index contributed by atoms with van der Waals surface area (Å²) in [5.74, 6) is 1.30. The fourth-order valence-electron chi connectivity index (χ4n) is 2.74. The Bertz CT molecular complexity index is 330. The lowest BCUT2D eigenvalue weighted by molar-refractivity contribution is 0.431. The molecule has 2 N–H and O–H groups in total. The van der Waals surface area contributed by atoms with Gasteiger partial charge in [0.1, 0.15) is 0 Å². The predicted octanol–water partition coefficient (Wildman–Crippen LogP) is 3.09. The fourth-order valence-corrected chi connectivity index (χ4v) is 2.74. The number of aryl methyl sites for hydroxylation is 1. The zero-order valence-electron chi connectivity index (χ0n) is 9.74. The van der Waals surface area contributed by atoms with Gasteiger partial charge in [0.25, 0.3) is 0 Å². The van der Waals surface area contributed by atoms with Crippen LogP contribution in [0.1, 0.15) is 43.7 Å². The first kappa shape index (κ1) is 10.7. The molecule has 0 saturated heterocycles. The molecule has 1 heteroatoms. The molecule has 15 heavy (non-hydrogen) atoms. The van der Waals surface area contributed by atoms with Crippen molar-refractivity contribution in [1.82, 2.24) is 0 Å². The number of hydrogen-bond acceptors (Lipinski definition) is 1. The predicted molar refractivity (Wildman–Crippen MR) is 64.9 cm³/mol. The second-order valence-electron chi connectivity index (χ2n) is 5.14. The van der Waals surface area contributed by atoms with Crippen LogP contribution in [0, 0.1) is 5.92 Å². The number of hydrogen-bond donors (Lipinski definition) is 1. The fraction of sp³-hybridized carbons (Fsp3) is 0.571. The van der Waals surface area contributed by atoms with E-state index >= 15 is 0 Å². The molecule has 0 saturated carbocycles. The van der Waals surface area contributed by atoms with Gasteiger partial charge < -0.3 is 5.73 Å². The Labute approximate surface area is 92.7 Å². The van der Waals surface area contributed by atoms with E-state index in [1.165, 1.54) is 24.0 Å². The Morgan fingerprint density at radius 1 is 1.33 bits per heavy atom. The molecular formula is C14H21N.